The third-order valence-electron chi connectivity index (χ3n) is 5.03. The predicted octanol–water partition coefficient (Wildman–Crippen LogP) is 2.10. The summed E-state index contributed by atoms with van der Waals surface area (Å²) in [6.07, 6.45) is 7.89. The van der Waals surface area contributed by atoms with Crippen LogP contribution >= 0.6 is 0 Å². The number of hydrogen-bond acceptors (Lipinski definition) is 3. The number of aliphatic imine (C=N–C) groups is 1. The Hall–Kier alpha value is -2.34. The van der Waals surface area contributed by atoms with Crippen molar-refractivity contribution in [2.75, 3.05) is 20.1 Å². The SMILES string of the molecule is CN=C(NCCn1ccnc1)NC1CCN(Cc2ccccc2)C(C)C1. The van der Waals surface area contributed by atoms with E-state index in [-0.39, 0.29) is 0 Å². The highest BCUT2D eigenvalue weighted by molar-refractivity contribution is 5.79. The average Bonchev–Trinajstić information content (AvgIpc) is 3.17. The fraction of sp³-hybridized carbons (Fsp3) is 0.500. The van der Waals surface area contributed by atoms with Gasteiger partial charge in [-0.3, -0.25) is 9.89 Å². The molecule has 1 aliphatic rings. The molecular weight excluding hydrogens is 324 g/mol. The zero-order chi connectivity index (χ0) is 18.2. The summed E-state index contributed by atoms with van der Waals surface area (Å²) in [5.74, 6) is 0.888. The molecule has 0 spiro atoms. The average molecular weight is 355 g/mol. The first kappa shape index (κ1) is 18.5. The summed E-state index contributed by atoms with van der Waals surface area (Å²) in [5.41, 5.74) is 1.39. The van der Waals surface area contributed by atoms with Gasteiger partial charge in [0.15, 0.2) is 5.96 Å². The molecule has 0 saturated carbocycles. The van der Waals surface area contributed by atoms with Gasteiger partial charge in [0.1, 0.15) is 0 Å². The van der Waals surface area contributed by atoms with Crippen LogP contribution in [0.1, 0.15) is 25.3 Å². The molecule has 1 aliphatic heterocycles. The molecule has 6 nitrogen and oxygen atoms in total. The number of imidazole rings is 1. The molecule has 3 rings (SSSR count). The van der Waals surface area contributed by atoms with Gasteiger partial charge in [0.25, 0.3) is 0 Å². The van der Waals surface area contributed by atoms with Crippen LogP contribution in [0, 0.1) is 0 Å². The summed E-state index contributed by atoms with van der Waals surface area (Å²) in [5, 5.41) is 6.99. The molecule has 0 aliphatic carbocycles. The van der Waals surface area contributed by atoms with Gasteiger partial charge >= 0.3 is 0 Å². The smallest absolute Gasteiger partial charge is 0.191 e. The Morgan fingerprint density at radius 1 is 1.31 bits per heavy atom. The monoisotopic (exact) mass is 354 g/mol. The zero-order valence-electron chi connectivity index (χ0n) is 15.8. The van der Waals surface area contributed by atoms with E-state index in [0.29, 0.717) is 12.1 Å². The Morgan fingerprint density at radius 3 is 2.85 bits per heavy atom. The Balaban J connectivity index is 1.42. The van der Waals surface area contributed by atoms with Gasteiger partial charge in [0.2, 0.25) is 0 Å². The van der Waals surface area contributed by atoms with E-state index >= 15 is 0 Å². The van der Waals surface area contributed by atoms with E-state index in [0.717, 1.165) is 45.0 Å². The van der Waals surface area contributed by atoms with E-state index in [4.69, 9.17) is 0 Å². The van der Waals surface area contributed by atoms with Crippen LogP contribution in [0.5, 0.6) is 0 Å². The van der Waals surface area contributed by atoms with E-state index in [1.807, 2.05) is 19.6 Å². The molecule has 0 amide bonds. The first-order valence-corrected chi connectivity index (χ1v) is 9.45. The van der Waals surface area contributed by atoms with Crippen molar-refractivity contribution in [2.45, 2.75) is 44.9 Å². The number of piperidine rings is 1. The molecular formula is C20H30N6. The van der Waals surface area contributed by atoms with Crippen LogP contribution in [0.2, 0.25) is 0 Å². The lowest BCUT2D eigenvalue weighted by Crippen LogP contribution is -2.51. The topological polar surface area (TPSA) is 57.5 Å². The summed E-state index contributed by atoms with van der Waals surface area (Å²) in [4.78, 5) is 11.0. The van der Waals surface area contributed by atoms with Gasteiger partial charge in [0, 0.05) is 57.7 Å². The molecule has 1 aromatic carbocycles. The fourth-order valence-electron chi connectivity index (χ4n) is 3.52. The molecule has 1 fully saturated rings. The van der Waals surface area contributed by atoms with Gasteiger partial charge in [-0.05, 0) is 25.3 Å². The first-order valence-electron chi connectivity index (χ1n) is 9.45. The van der Waals surface area contributed by atoms with E-state index in [2.05, 4.69) is 67.3 Å². The highest BCUT2D eigenvalue weighted by atomic mass is 15.2. The van der Waals surface area contributed by atoms with E-state index in [1.165, 1.54) is 5.56 Å². The highest BCUT2D eigenvalue weighted by Crippen LogP contribution is 2.19. The molecule has 2 heterocycles. The molecule has 2 atom stereocenters. The minimum atomic E-state index is 0.469. The van der Waals surface area contributed by atoms with Crippen LogP contribution in [0.25, 0.3) is 0 Å². The number of rotatable bonds is 6. The number of hydrogen-bond donors (Lipinski definition) is 2. The standard InChI is InChI=1S/C20H30N6/c1-17-14-19(8-11-26(17)15-18-6-4-3-5-7-18)24-20(21-2)23-10-13-25-12-9-22-16-25/h3-7,9,12,16-17,19H,8,10-11,13-15H2,1-2H3,(H2,21,23,24). The lowest BCUT2D eigenvalue weighted by Gasteiger charge is -2.38. The number of aromatic nitrogens is 2. The fourth-order valence-corrected chi connectivity index (χ4v) is 3.52. The molecule has 0 radical (unpaired) electrons. The Bertz CT molecular complexity index is 667. The molecule has 1 aromatic heterocycles. The van der Waals surface area contributed by atoms with Crippen molar-refractivity contribution >= 4 is 5.96 Å². The lowest BCUT2D eigenvalue weighted by atomic mass is 9.97. The highest BCUT2D eigenvalue weighted by Gasteiger charge is 2.25. The van der Waals surface area contributed by atoms with Crippen LogP contribution in [-0.4, -0.2) is 52.6 Å². The molecule has 26 heavy (non-hydrogen) atoms. The predicted molar refractivity (Wildman–Crippen MR) is 106 cm³/mol. The summed E-state index contributed by atoms with van der Waals surface area (Å²) < 4.78 is 2.06. The van der Waals surface area contributed by atoms with Gasteiger partial charge in [0.05, 0.1) is 6.33 Å². The van der Waals surface area contributed by atoms with Crippen LogP contribution in [0.15, 0.2) is 54.0 Å². The van der Waals surface area contributed by atoms with E-state index in [9.17, 15) is 0 Å². The second kappa shape index (κ2) is 9.38. The lowest BCUT2D eigenvalue weighted by molar-refractivity contribution is 0.134. The number of nitrogens with one attached hydrogen (secondary N) is 2. The van der Waals surface area contributed by atoms with Crippen LogP contribution in [0.4, 0.5) is 0 Å². The maximum Gasteiger partial charge on any atom is 0.191 e. The largest absolute Gasteiger partial charge is 0.355 e. The second-order valence-electron chi connectivity index (χ2n) is 6.97. The summed E-state index contributed by atoms with van der Waals surface area (Å²) >= 11 is 0. The van der Waals surface area contributed by atoms with Crippen molar-refractivity contribution < 1.29 is 0 Å². The normalized spacial score (nSPS) is 21.5. The quantitative estimate of drug-likeness (QED) is 0.616. The van der Waals surface area contributed by atoms with Crippen LogP contribution in [-0.2, 0) is 13.1 Å². The zero-order valence-corrected chi connectivity index (χ0v) is 15.8. The Labute approximate surface area is 156 Å². The van der Waals surface area contributed by atoms with Gasteiger partial charge in [-0.2, -0.15) is 0 Å². The molecule has 6 heteroatoms. The van der Waals surface area contributed by atoms with E-state index in [1.54, 1.807) is 6.20 Å². The van der Waals surface area contributed by atoms with Gasteiger partial charge < -0.3 is 15.2 Å². The number of guanidine groups is 1. The van der Waals surface area contributed by atoms with Crippen molar-refractivity contribution in [3.8, 4) is 0 Å². The van der Waals surface area contributed by atoms with Gasteiger partial charge in [-0.1, -0.05) is 30.3 Å². The van der Waals surface area contributed by atoms with Crippen molar-refractivity contribution in [3.05, 3.63) is 54.6 Å². The minimum Gasteiger partial charge on any atom is -0.355 e. The second-order valence-corrected chi connectivity index (χ2v) is 6.97. The Kier molecular flexibility index (Phi) is 6.66. The molecule has 140 valence electrons. The number of nitrogens with zero attached hydrogens (tertiary/aromatic N) is 4. The molecule has 0 bridgehead atoms. The third kappa shape index (κ3) is 5.33. The minimum absolute atomic E-state index is 0.469. The Morgan fingerprint density at radius 2 is 2.15 bits per heavy atom. The van der Waals surface area contributed by atoms with E-state index < -0.39 is 0 Å². The van der Waals surface area contributed by atoms with Crippen molar-refractivity contribution in [1.82, 2.24) is 25.1 Å². The third-order valence-corrected chi connectivity index (χ3v) is 5.03. The van der Waals surface area contributed by atoms with Gasteiger partial charge in [-0.15, -0.1) is 0 Å². The molecule has 1 saturated heterocycles. The summed E-state index contributed by atoms with van der Waals surface area (Å²) in [7, 11) is 1.83. The van der Waals surface area contributed by atoms with Gasteiger partial charge in [-0.25, -0.2) is 4.98 Å². The van der Waals surface area contributed by atoms with Crippen molar-refractivity contribution in [1.29, 1.82) is 0 Å². The number of likely N-dealkylation sites (tertiary alicyclic amines) is 1. The van der Waals surface area contributed by atoms with Crippen molar-refractivity contribution in [3.63, 3.8) is 0 Å². The maximum absolute atomic E-state index is 4.37. The molecule has 2 N–H and O–H groups in total. The summed E-state index contributed by atoms with van der Waals surface area (Å²) in [6, 6.07) is 11.8. The molecule has 2 unspecified atom stereocenters. The summed E-state index contributed by atoms with van der Waals surface area (Å²) in [6.45, 7) is 6.18. The van der Waals surface area contributed by atoms with Crippen molar-refractivity contribution in [2.24, 2.45) is 4.99 Å². The maximum atomic E-state index is 4.37. The van der Waals surface area contributed by atoms with Crippen LogP contribution in [0.3, 0.4) is 0 Å². The number of benzene rings is 1. The molecule has 2 aromatic rings. The first-order chi connectivity index (χ1) is 12.7. The van der Waals surface area contributed by atoms with Crippen LogP contribution < -0.4 is 10.6 Å².